The van der Waals surface area contributed by atoms with Crippen molar-refractivity contribution in [1.29, 1.82) is 0 Å². The summed E-state index contributed by atoms with van der Waals surface area (Å²) in [6.07, 6.45) is 3.37. The monoisotopic (exact) mass is 222 g/mol. The Kier molecular flexibility index (Phi) is 4.68. The Balaban J connectivity index is 2.64. The third-order valence-corrected chi connectivity index (χ3v) is 2.42. The van der Waals surface area contributed by atoms with Crippen molar-refractivity contribution in [2.75, 3.05) is 12.3 Å². The molecule has 0 fully saturated rings. The van der Waals surface area contributed by atoms with Crippen LogP contribution in [-0.2, 0) is 6.54 Å². The average molecular weight is 222 g/mol. The van der Waals surface area contributed by atoms with Gasteiger partial charge in [-0.25, -0.2) is 4.98 Å². The number of rotatable bonds is 5. The zero-order chi connectivity index (χ0) is 12.1. The summed E-state index contributed by atoms with van der Waals surface area (Å²) < 4.78 is 0. The molecule has 0 spiro atoms. The van der Waals surface area contributed by atoms with Crippen molar-refractivity contribution < 1.29 is 0 Å². The quantitative estimate of drug-likeness (QED) is 0.827. The van der Waals surface area contributed by atoms with E-state index in [4.69, 9.17) is 5.73 Å². The summed E-state index contributed by atoms with van der Waals surface area (Å²) in [5, 5.41) is 0. The van der Waals surface area contributed by atoms with Gasteiger partial charge in [0.05, 0.1) is 18.1 Å². The van der Waals surface area contributed by atoms with Crippen LogP contribution in [0.5, 0.6) is 0 Å². The van der Waals surface area contributed by atoms with E-state index in [0.717, 1.165) is 18.8 Å². The maximum atomic E-state index is 5.51. The molecule has 4 nitrogen and oxygen atoms in total. The van der Waals surface area contributed by atoms with Crippen LogP contribution in [-0.4, -0.2) is 27.5 Å². The van der Waals surface area contributed by atoms with Gasteiger partial charge in [-0.05, 0) is 19.8 Å². The Bertz CT molecular complexity index is 305. The summed E-state index contributed by atoms with van der Waals surface area (Å²) in [5.41, 5.74) is 6.49. The van der Waals surface area contributed by atoms with Gasteiger partial charge >= 0.3 is 0 Å². The second-order valence-corrected chi connectivity index (χ2v) is 4.85. The second kappa shape index (κ2) is 5.80. The van der Waals surface area contributed by atoms with Crippen molar-refractivity contribution in [1.82, 2.24) is 14.9 Å². The molecule has 1 heterocycles. The predicted octanol–water partition coefficient (Wildman–Crippen LogP) is 1.93. The molecule has 0 unspecified atom stereocenters. The zero-order valence-corrected chi connectivity index (χ0v) is 10.6. The zero-order valence-electron chi connectivity index (χ0n) is 10.6. The minimum absolute atomic E-state index is 0.476. The molecule has 0 amide bonds. The van der Waals surface area contributed by atoms with E-state index in [0.29, 0.717) is 17.8 Å². The van der Waals surface area contributed by atoms with Gasteiger partial charge in [-0.1, -0.05) is 13.8 Å². The third-order valence-electron chi connectivity index (χ3n) is 2.42. The van der Waals surface area contributed by atoms with Crippen molar-refractivity contribution >= 4 is 5.82 Å². The van der Waals surface area contributed by atoms with Crippen LogP contribution in [0.25, 0.3) is 0 Å². The molecule has 0 radical (unpaired) electrons. The fourth-order valence-electron chi connectivity index (χ4n) is 1.58. The molecule has 4 heteroatoms. The fraction of sp³-hybridized carbons (Fsp3) is 0.667. The van der Waals surface area contributed by atoms with Gasteiger partial charge in [-0.3, -0.25) is 9.88 Å². The normalized spacial score (nSPS) is 11.7. The first kappa shape index (κ1) is 12.9. The van der Waals surface area contributed by atoms with Crippen molar-refractivity contribution in [2.45, 2.75) is 40.3 Å². The van der Waals surface area contributed by atoms with Crippen LogP contribution in [0, 0.1) is 5.92 Å². The molecule has 1 aromatic heterocycles. The van der Waals surface area contributed by atoms with Gasteiger partial charge < -0.3 is 5.73 Å². The molecule has 2 N–H and O–H groups in total. The minimum atomic E-state index is 0.476. The number of nitrogen functional groups attached to an aromatic ring is 1. The Morgan fingerprint density at radius 2 is 1.88 bits per heavy atom. The Labute approximate surface area is 97.9 Å². The van der Waals surface area contributed by atoms with Gasteiger partial charge in [0.1, 0.15) is 5.82 Å². The summed E-state index contributed by atoms with van der Waals surface area (Å²) in [6.45, 7) is 10.8. The average Bonchev–Trinajstić information content (AvgIpc) is 2.19. The predicted molar refractivity (Wildman–Crippen MR) is 66.8 cm³/mol. The Morgan fingerprint density at radius 3 is 2.31 bits per heavy atom. The van der Waals surface area contributed by atoms with Crippen LogP contribution < -0.4 is 5.73 Å². The van der Waals surface area contributed by atoms with E-state index in [1.54, 1.807) is 12.4 Å². The summed E-state index contributed by atoms with van der Waals surface area (Å²) in [5.74, 6) is 1.13. The number of nitrogens with zero attached hydrogens (tertiary/aromatic N) is 3. The van der Waals surface area contributed by atoms with Crippen LogP contribution in [0.1, 0.15) is 33.4 Å². The lowest BCUT2D eigenvalue weighted by atomic mass is 10.1. The van der Waals surface area contributed by atoms with Gasteiger partial charge in [-0.15, -0.1) is 0 Å². The molecular formula is C12H22N4. The van der Waals surface area contributed by atoms with E-state index in [1.165, 1.54) is 0 Å². The highest BCUT2D eigenvalue weighted by Crippen LogP contribution is 2.09. The van der Waals surface area contributed by atoms with E-state index in [9.17, 15) is 0 Å². The largest absolute Gasteiger partial charge is 0.382 e. The first-order valence-electron chi connectivity index (χ1n) is 5.79. The standard InChI is InChI=1S/C12H22N4/c1-9(2)7-16(10(3)4)8-11-5-15-12(13)6-14-11/h5-6,9-10H,7-8H2,1-4H3,(H2,13,15). The number of hydrogen-bond acceptors (Lipinski definition) is 4. The number of hydrogen-bond donors (Lipinski definition) is 1. The van der Waals surface area contributed by atoms with Crippen LogP contribution in [0.4, 0.5) is 5.82 Å². The highest BCUT2D eigenvalue weighted by Gasteiger charge is 2.12. The molecule has 0 aliphatic heterocycles. The molecule has 1 rings (SSSR count). The topological polar surface area (TPSA) is 55.0 Å². The van der Waals surface area contributed by atoms with Gasteiger partial charge in [0, 0.05) is 19.1 Å². The minimum Gasteiger partial charge on any atom is -0.382 e. The van der Waals surface area contributed by atoms with Crippen molar-refractivity contribution in [3.63, 3.8) is 0 Å². The first-order chi connectivity index (χ1) is 7.49. The van der Waals surface area contributed by atoms with Crippen molar-refractivity contribution in [3.8, 4) is 0 Å². The van der Waals surface area contributed by atoms with E-state index in [2.05, 4.69) is 42.6 Å². The summed E-state index contributed by atoms with van der Waals surface area (Å²) in [4.78, 5) is 10.7. The summed E-state index contributed by atoms with van der Waals surface area (Å²) >= 11 is 0. The maximum absolute atomic E-state index is 5.51. The van der Waals surface area contributed by atoms with Crippen LogP contribution in [0.15, 0.2) is 12.4 Å². The lowest BCUT2D eigenvalue weighted by Gasteiger charge is -2.27. The fourth-order valence-corrected chi connectivity index (χ4v) is 1.58. The lowest BCUT2D eigenvalue weighted by Crippen LogP contribution is -2.33. The molecule has 16 heavy (non-hydrogen) atoms. The molecule has 0 atom stereocenters. The van der Waals surface area contributed by atoms with E-state index >= 15 is 0 Å². The van der Waals surface area contributed by atoms with Crippen LogP contribution in [0.2, 0.25) is 0 Å². The molecule has 1 aromatic rings. The SMILES string of the molecule is CC(C)CN(Cc1cnc(N)cn1)C(C)C. The van der Waals surface area contributed by atoms with E-state index in [1.807, 2.05) is 0 Å². The number of nitrogens with two attached hydrogens (primary N) is 1. The number of aromatic nitrogens is 2. The summed E-state index contributed by atoms with van der Waals surface area (Å²) in [7, 11) is 0. The highest BCUT2D eigenvalue weighted by atomic mass is 15.2. The first-order valence-corrected chi connectivity index (χ1v) is 5.79. The molecule has 0 aromatic carbocycles. The molecule has 0 saturated carbocycles. The summed E-state index contributed by atoms with van der Waals surface area (Å²) in [6, 6.07) is 0.516. The van der Waals surface area contributed by atoms with Crippen molar-refractivity contribution in [2.24, 2.45) is 5.92 Å². The molecule has 90 valence electrons. The van der Waals surface area contributed by atoms with Crippen LogP contribution in [0.3, 0.4) is 0 Å². The Morgan fingerprint density at radius 1 is 1.19 bits per heavy atom. The van der Waals surface area contributed by atoms with Gasteiger partial charge in [0.15, 0.2) is 0 Å². The lowest BCUT2D eigenvalue weighted by molar-refractivity contribution is 0.187. The molecular weight excluding hydrogens is 200 g/mol. The van der Waals surface area contributed by atoms with E-state index < -0.39 is 0 Å². The van der Waals surface area contributed by atoms with Crippen molar-refractivity contribution in [3.05, 3.63) is 18.1 Å². The highest BCUT2D eigenvalue weighted by molar-refractivity contribution is 5.22. The maximum Gasteiger partial charge on any atom is 0.141 e. The second-order valence-electron chi connectivity index (χ2n) is 4.85. The van der Waals surface area contributed by atoms with Gasteiger partial charge in [0.25, 0.3) is 0 Å². The smallest absolute Gasteiger partial charge is 0.141 e. The van der Waals surface area contributed by atoms with E-state index in [-0.39, 0.29) is 0 Å². The molecule has 0 aliphatic rings. The number of anilines is 1. The van der Waals surface area contributed by atoms with Gasteiger partial charge in [0.2, 0.25) is 0 Å². The third kappa shape index (κ3) is 4.14. The molecule has 0 aliphatic carbocycles. The van der Waals surface area contributed by atoms with Crippen LogP contribution >= 0.6 is 0 Å². The van der Waals surface area contributed by atoms with Gasteiger partial charge in [-0.2, -0.15) is 0 Å². The molecule has 0 bridgehead atoms. The Hall–Kier alpha value is -1.16. The molecule has 0 saturated heterocycles.